The lowest BCUT2D eigenvalue weighted by Crippen LogP contribution is -2.51. The van der Waals surface area contributed by atoms with Crippen molar-refractivity contribution in [3.05, 3.63) is 0 Å². The minimum Gasteiger partial charge on any atom is -0.352 e. The van der Waals surface area contributed by atoms with Crippen LogP contribution in [0.1, 0.15) is 65.7 Å². The lowest BCUT2D eigenvalue weighted by atomic mass is 9.95. The van der Waals surface area contributed by atoms with Crippen LogP contribution < -0.4 is 5.32 Å². The zero-order valence-corrected chi connectivity index (χ0v) is 12.2. The summed E-state index contributed by atoms with van der Waals surface area (Å²) in [6.07, 6.45) is 8.38. The number of likely N-dealkylation sites (N-methyl/N-ethyl adjacent to an activating group) is 1. The fourth-order valence-electron chi connectivity index (χ4n) is 3.68. The molecule has 0 aromatic carbocycles. The van der Waals surface area contributed by atoms with E-state index < -0.39 is 0 Å². The Morgan fingerprint density at radius 2 is 1.89 bits per heavy atom. The second kappa shape index (κ2) is 5.60. The van der Waals surface area contributed by atoms with E-state index in [0.717, 1.165) is 19.4 Å². The largest absolute Gasteiger partial charge is 0.352 e. The smallest absolute Gasteiger partial charge is 0.237 e. The maximum Gasteiger partial charge on any atom is 0.237 e. The minimum absolute atomic E-state index is 0.104. The first-order valence-electron chi connectivity index (χ1n) is 7.61. The van der Waals surface area contributed by atoms with E-state index in [9.17, 15) is 4.79 Å². The molecule has 3 heteroatoms. The second-order valence-corrected chi connectivity index (χ2v) is 6.50. The summed E-state index contributed by atoms with van der Waals surface area (Å²) in [5.41, 5.74) is 0.184. The van der Waals surface area contributed by atoms with E-state index in [4.69, 9.17) is 0 Å². The van der Waals surface area contributed by atoms with Crippen molar-refractivity contribution in [1.29, 1.82) is 0 Å². The monoisotopic (exact) mass is 252 g/mol. The normalized spacial score (nSPS) is 29.4. The second-order valence-electron chi connectivity index (χ2n) is 6.50. The number of hydrogen-bond acceptors (Lipinski definition) is 2. The number of carbonyl (C=O) groups is 1. The Morgan fingerprint density at radius 1 is 1.22 bits per heavy atom. The molecule has 1 saturated carbocycles. The number of nitrogens with one attached hydrogen (secondary N) is 1. The third-order valence-corrected chi connectivity index (χ3v) is 4.78. The zero-order chi connectivity index (χ0) is 13.2. The summed E-state index contributed by atoms with van der Waals surface area (Å²) in [7, 11) is 0. The molecule has 1 N–H and O–H groups in total. The molecule has 2 rings (SSSR count). The van der Waals surface area contributed by atoms with Crippen LogP contribution in [-0.4, -0.2) is 35.0 Å². The van der Waals surface area contributed by atoms with E-state index in [2.05, 4.69) is 31.0 Å². The Hall–Kier alpha value is -0.570. The van der Waals surface area contributed by atoms with Crippen LogP contribution >= 0.6 is 0 Å². The number of nitrogens with zero attached hydrogens (tertiary/aromatic N) is 1. The highest BCUT2D eigenvalue weighted by molar-refractivity contribution is 5.82. The molecular formula is C15H28N2O. The Labute approximate surface area is 111 Å². The Balaban J connectivity index is 1.92. The molecule has 1 amide bonds. The van der Waals surface area contributed by atoms with Crippen molar-refractivity contribution < 1.29 is 4.79 Å². The summed E-state index contributed by atoms with van der Waals surface area (Å²) in [5.74, 6) is 0.273. The molecule has 0 aromatic rings. The number of likely N-dealkylation sites (tertiary alicyclic amines) is 1. The van der Waals surface area contributed by atoms with Crippen LogP contribution in [0.3, 0.4) is 0 Å². The lowest BCUT2D eigenvalue weighted by Gasteiger charge is -2.35. The van der Waals surface area contributed by atoms with E-state index in [-0.39, 0.29) is 17.5 Å². The molecule has 1 saturated heterocycles. The van der Waals surface area contributed by atoms with Gasteiger partial charge in [0.25, 0.3) is 0 Å². The maximum absolute atomic E-state index is 12.4. The molecule has 0 bridgehead atoms. The summed E-state index contributed by atoms with van der Waals surface area (Å²) in [6, 6.07) is 0.542. The first kappa shape index (κ1) is 13.9. The molecule has 0 spiro atoms. The van der Waals surface area contributed by atoms with Gasteiger partial charge in [-0.1, -0.05) is 26.2 Å². The third-order valence-electron chi connectivity index (χ3n) is 4.78. The van der Waals surface area contributed by atoms with Crippen molar-refractivity contribution in [3.63, 3.8) is 0 Å². The van der Waals surface area contributed by atoms with E-state index in [1.807, 2.05) is 0 Å². The third kappa shape index (κ3) is 2.87. The molecule has 1 unspecified atom stereocenters. The first-order chi connectivity index (χ1) is 8.54. The molecule has 1 heterocycles. The minimum atomic E-state index is 0.104. The molecule has 18 heavy (non-hydrogen) atoms. The standard InChI is InChI=1S/C15H28N2O/c1-4-17-13(10-11-15(17,2)3)14(18)16-12-8-6-5-7-9-12/h12-13H,4-11H2,1-3H3,(H,16,18). The summed E-state index contributed by atoms with van der Waals surface area (Å²) in [6.45, 7) is 7.64. The van der Waals surface area contributed by atoms with E-state index in [0.29, 0.717) is 6.04 Å². The van der Waals surface area contributed by atoms with Crippen LogP contribution in [0.5, 0.6) is 0 Å². The summed E-state index contributed by atoms with van der Waals surface area (Å²) in [5, 5.41) is 3.28. The highest BCUT2D eigenvalue weighted by Crippen LogP contribution is 2.33. The average Bonchev–Trinajstić information content (AvgIpc) is 2.65. The predicted molar refractivity (Wildman–Crippen MR) is 74.5 cm³/mol. The highest BCUT2D eigenvalue weighted by Gasteiger charge is 2.42. The molecule has 2 fully saturated rings. The van der Waals surface area contributed by atoms with Gasteiger partial charge < -0.3 is 5.32 Å². The summed E-state index contributed by atoms with van der Waals surface area (Å²) >= 11 is 0. The van der Waals surface area contributed by atoms with Crippen molar-refractivity contribution >= 4 is 5.91 Å². The quantitative estimate of drug-likeness (QED) is 0.837. The van der Waals surface area contributed by atoms with Gasteiger partial charge in [0.15, 0.2) is 0 Å². The zero-order valence-electron chi connectivity index (χ0n) is 12.2. The van der Waals surface area contributed by atoms with E-state index >= 15 is 0 Å². The maximum atomic E-state index is 12.4. The molecular weight excluding hydrogens is 224 g/mol. The van der Waals surface area contributed by atoms with Gasteiger partial charge in [-0.05, 0) is 46.1 Å². The first-order valence-corrected chi connectivity index (χ1v) is 7.61. The van der Waals surface area contributed by atoms with E-state index in [1.54, 1.807) is 0 Å². The topological polar surface area (TPSA) is 32.3 Å². The van der Waals surface area contributed by atoms with Gasteiger partial charge in [0.2, 0.25) is 5.91 Å². The molecule has 2 aliphatic rings. The fraction of sp³-hybridized carbons (Fsp3) is 0.933. The van der Waals surface area contributed by atoms with Gasteiger partial charge >= 0.3 is 0 Å². The van der Waals surface area contributed by atoms with Gasteiger partial charge in [0, 0.05) is 11.6 Å². The van der Waals surface area contributed by atoms with Crippen LogP contribution in [0.25, 0.3) is 0 Å². The molecule has 1 atom stereocenters. The number of carbonyl (C=O) groups excluding carboxylic acids is 1. The molecule has 1 aliphatic carbocycles. The Morgan fingerprint density at radius 3 is 2.50 bits per heavy atom. The van der Waals surface area contributed by atoms with Gasteiger partial charge in [0.1, 0.15) is 0 Å². The van der Waals surface area contributed by atoms with Crippen LogP contribution in [0.2, 0.25) is 0 Å². The summed E-state index contributed by atoms with van der Waals surface area (Å²) < 4.78 is 0. The number of hydrogen-bond donors (Lipinski definition) is 1. The molecule has 104 valence electrons. The number of amides is 1. The van der Waals surface area contributed by atoms with Crippen LogP contribution in [0, 0.1) is 0 Å². The van der Waals surface area contributed by atoms with Gasteiger partial charge in [-0.3, -0.25) is 9.69 Å². The lowest BCUT2D eigenvalue weighted by molar-refractivity contribution is -0.127. The number of rotatable bonds is 3. The Bertz CT molecular complexity index is 295. The van der Waals surface area contributed by atoms with Crippen LogP contribution in [-0.2, 0) is 4.79 Å². The molecule has 1 aliphatic heterocycles. The molecule has 0 radical (unpaired) electrons. The molecule has 3 nitrogen and oxygen atoms in total. The van der Waals surface area contributed by atoms with Crippen molar-refractivity contribution in [1.82, 2.24) is 10.2 Å². The summed E-state index contributed by atoms with van der Waals surface area (Å²) in [4.78, 5) is 14.8. The van der Waals surface area contributed by atoms with Crippen molar-refractivity contribution in [2.24, 2.45) is 0 Å². The van der Waals surface area contributed by atoms with Crippen molar-refractivity contribution in [2.75, 3.05) is 6.54 Å². The SMILES string of the molecule is CCN1C(C(=O)NC2CCCCC2)CCC1(C)C. The van der Waals surface area contributed by atoms with Crippen LogP contribution in [0.15, 0.2) is 0 Å². The van der Waals surface area contributed by atoms with Crippen molar-refractivity contribution in [3.8, 4) is 0 Å². The average molecular weight is 252 g/mol. The van der Waals surface area contributed by atoms with Gasteiger partial charge in [-0.25, -0.2) is 0 Å². The van der Waals surface area contributed by atoms with Gasteiger partial charge in [-0.2, -0.15) is 0 Å². The molecule has 0 aromatic heterocycles. The van der Waals surface area contributed by atoms with Crippen molar-refractivity contribution in [2.45, 2.75) is 83.3 Å². The van der Waals surface area contributed by atoms with Crippen LogP contribution in [0.4, 0.5) is 0 Å². The highest BCUT2D eigenvalue weighted by atomic mass is 16.2. The van der Waals surface area contributed by atoms with Gasteiger partial charge in [-0.15, -0.1) is 0 Å². The Kier molecular flexibility index (Phi) is 4.31. The van der Waals surface area contributed by atoms with Gasteiger partial charge in [0.05, 0.1) is 6.04 Å². The fourth-order valence-corrected chi connectivity index (χ4v) is 3.68. The van der Waals surface area contributed by atoms with E-state index in [1.165, 1.54) is 32.1 Å². The predicted octanol–water partition coefficient (Wildman–Crippen LogP) is 2.70.